The Morgan fingerprint density at radius 1 is 1.45 bits per heavy atom. The van der Waals surface area contributed by atoms with Crippen molar-refractivity contribution in [2.75, 3.05) is 6.54 Å². The normalized spacial score (nSPS) is 24.2. The lowest BCUT2D eigenvalue weighted by Gasteiger charge is -2.37. The molecule has 1 aliphatic carbocycles. The highest BCUT2D eigenvalue weighted by Gasteiger charge is 2.47. The van der Waals surface area contributed by atoms with Crippen molar-refractivity contribution in [2.45, 2.75) is 38.6 Å². The zero-order valence-electron chi connectivity index (χ0n) is 11.7. The second kappa shape index (κ2) is 4.08. The molecule has 2 aromatic rings. The lowest BCUT2D eigenvalue weighted by atomic mass is 9.68. The molecule has 0 unspecified atom stereocenters. The number of carbonyl (C=O) groups excluding carboxylic acids is 1. The molecule has 1 aromatic heterocycles. The third-order valence-corrected chi connectivity index (χ3v) is 5.12. The average molecular weight is 269 g/mol. The number of imidazole rings is 1. The highest BCUT2D eigenvalue weighted by molar-refractivity contribution is 6.05. The van der Waals surface area contributed by atoms with Crippen molar-refractivity contribution >= 4 is 16.9 Å². The summed E-state index contributed by atoms with van der Waals surface area (Å²) < 4.78 is 0. The maximum atomic E-state index is 12.9. The quantitative estimate of drug-likeness (QED) is 0.865. The molecule has 1 spiro atoms. The maximum absolute atomic E-state index is 12.9. The number of rotatable bonds is 1. The van der Waals surface area contributed by atoms with Crippen LogP contribution in [-0.2, 0) is 0 Å². The van der Waals surface area contributed by atoms with Crippen molar-refractivity contribution in [3.63, 3.8) is 0 Å². The second-order valence-electron chi connectivity index (χ2n) is 6.44. The molecular formula is C16H19N3O. The summed E-state index contributed by atoms with van der Waals surface area (Å²) in [5.74, 6) is 0.138. The van der Waals surface area contributed by atoms with Crippen LogP contribution in [0.4, 0.5) is 0 Å². The Balaban J connectivity index is 1.69. The first kappa shape index (κ1) is 11.9. The fraction of sp³-hybridized carbons (Fsp3) is 0.500. The van der Waals surface area contributed by atoms with Crippen LogP contribution in [0.25, 0.3) is 11.0 Å². The van der Waals surface area contributed by atoms with Crippen molar-refractivity contribution in [1.29, 1.82) is 0 Å². The van der Waals surface area contributed by atoms with E-state index in [0.717, 1.165) is 29.6 Å². The monoisotopic (exact) mass is 269 g/mol. The Morgan fingerprint density at radius 3 is 3.00 bits per heavy atom. The van der Waals surface area contributed by atoms with Crippen LogP contribution in [-0.4, -0.2) is 33.4 Å². The van der Waals surface area contributed by atoms with E-state index in [4.69, 9.17) is 0 Å². The molecule has 2 fully saturated rings. The molecule has 1 N–H and O–H groups in total. The van der Waals surface area contributed by atoms with Crippen molar-refractivity contribution in [3.05, 3.63) is 30.1 Å². The molecule has 1 aliphatic heterocycles. The van der Waals surface area contributed by atoms with E-state index >= 15 is 0 Å². The summed E-state index contributed by atoms with van der Waals surface area (Å²) in [6, 6.07) is 6.12. The molecule has 4 heteroatoms. The molecule has 1 amide bonds. The number of para-hydroxylation sites is 1. The van der Waals surface area contributed by atoms with Gasteiger partial charge in [0.05, 0.1) is 17.4 Å². The topological polar surface area (TPSA) is 49.0 Å². The predicted molar refractivity (Wildman–Crippen MR) is 77.5 cm³/mol. The summed E-state index contributed by atoms with van der Waals surface area (Å²) in [5.41, 5.74) is 2.88. The first-order chi connectivity index (χ1) is 9.69. The number of benzene rings is 1. The summed E-state index contributed by atoms with van der Waals surface area (Å²) in [6.45, 7) is 3.10. The lowest BCUT2D eigenvalue weighted by Crippen LogP contribution is -2.37. The molecule has 4 rings (SSSR count). The van der Waals surface area contributed by atoms with Crippen molar-refractivity contribution in [1.82, 2.24) is 14.9 Å². The highest BCUT2D eigenvalue weighted by atomic mass is 16.2. The Hall–Kier alpha value is -1.84. The lowest BCUT2D eigenvalue weighted by molar-refractivity contribution is 0.0702. The third kappa shape index (κ3) is 1.60. The van der Waals surface area contributed by atoms with Gasteiger partial charge in [-0.05, 0) is 43.7 Å². The fourth-order valence-corrected chi connectivity index (χ4v) is 3.92. The van der Waals surface area contributed by atoms with Gasteiger partial charge < -0.3 is 9.88 Å². The minimum Gasteiger partial charge on any atom is -0.345 e. The number of amides is 1. The number of nitrogens with zero attached hydrogens (tertiary/aromatic N) is 2. The number of aromatic amines is 1. The van der Waals surface area contributed by atoms with E-state index in [1.807, 2.05) is 18.2 Å². The van der Waals surface area contributed by atoms with E-state index in [1.54, 1.807) is 6.33 Å². The fourth-order valence-electron chi connectivity index (χ4n) is 3.92. The molecule has 2 heterocycles. The number of likely N-dealkylation sites (tertiary alicyclic amines) is 1. The van der Waals surface area contributed by atoms with Crippen LogP contribution in [0.3, 0.4) is 0 Å². The molecule has 104 valence electrons. The van der Waals surface area contributed by atoms with Crippen LogP contribution < -0.4 is 0 Å². The molecule has 0 bridgehead atoms. The van der Waals surface area contributed by atoms with E-state index in [0.29, 0.717) is 11.5 Å². The Labute approximate surface area is 118 Å². The molecule has 20 heavy (non-hydrogen) atoms. The van der Waals surface area contributed by atoms with Gasteiger partial charge in [-0.3, -0.25) is 4.79 Å². The first-order valence-electron chi connectivity index (χ1n) is 7.42. The standard InChI is InChI=1S/C16H19N3O/c1-11-8-16(6-3-7-16)9-19(11)15(20)12-4-2-5-13-14(12)18-10-17-13/h2,4-5,10-11H,3,6-9H2,1H3,(H,17,18)/t11-/m1/s1. The molecule has 2 aliphatic rings. The van der Waals surface area contributed by atoms with Gasteiger partial charge in [0, 0.05) is 12.6 Å². The van der Waals surface area contributed by atoms with Gasteiger partial charge in [0.15, 0.2) is 0 Å². The zero-order valence-corrected chi connectivity index (χ0v) is 11.7. The molecule has 1 saturated carbocycles. The van der Waals surface area contributed by atoms with E-state index in [-0.39, 0.29) is 5.91 Å². The summed E-state index contributed by atoms with van der Waals surface area (Å²) in [5, 5.41) is 0. The number of aromatic nitrogens is 2. The molecule has 1 atom stereocenters. The number of carbonyl (C=O) groups is 1. The smallest absolute Gasteiger partial charge is 0.256 e. The van der Waals surface area contributed by atoms with Crippen LogP contribution in [0.1, 0.15) is 43.0 Å². The van der Waals surface area contributed by atoms with Crippen LogP contribution >= 0.6 is 0 Å². The van der Waals surface area contributed by atoms with Gasteiger partial charge >= 0.3 is 0 Å². The number of nitrogens with one attached hydrogen (secondary N) is 1. The Bertz CT molecular complexity index is 671. The summed E-state index contributed by atoms with van der Waals surface area (Å²) in [4.78, 5) is 22.3. The van der Waals surface area contributed by atoms with Crippen molar-refractivity contribution in [3.8, 4) is 0 Å². The van der Waals surface area contributed by atoms with Crippen molar-refractivity contribution in [2.24, 2.45) is 5.41 Å². The highest BCUT2D eigenvalue weighted by Crippen LogP contribution is 2.50. The minimum absolute atomic E-state index is 0.138. The van der Waals surface area contributed by atoms with Gasteiger partial charge in [-0.1, -0.05) is 12.5 Å². The number of H-pyrrole nitrogens is 1. The van der Waals surface area contributed by atoms with Crippen LogP contribution in [0.2, 0.25) is 0 Å². The van der Waals surface area contributed by atoms with Gasteiger partial charge in [-0.15, -0.1) is 0 Å². The summed E-state index contributed by atoms with van der Waals surface area (Å²) in [7, 11) is 0. The van der Waals surface area contributed by atoms with Gasteiger partial charge in [0.1, 0.15) is 5.52 Å². The van der Waals surface area contributed by atoms with Gasteiger partial charge in [0.2, 0.25) is 0 Å². The van der Waals surface area contributed by atoms with E-state index in [9.17, 15) is 4.79 Å². The van der Waals surface area contributed by atoms with Gasteiger partial charge in [-0.2, -0.15) is 0 Å². The maximum Gasteiger partial charge on any atom is 0.256 e. The predicted octanol–water partition coefficient (Wildman–Crippen LogP) is 2.97. The first-order valence-corrected chi connectivity index (χ1v) is 7.42. The second-order valence-corrected chi connectivity index (χ2v) is 6.44. The van der Waals surface area contributed by atoms with E-state index in [2.05, 4.69) is 21.8 Å². The van der Waals surface area contributed by atoms with Gasteiger partial charge in [-0.25, -0.2) is 4.98 Å². The third-order valence-electron chi connectivity index (χ3n) is 5.12. The number of hydrogen-bond donors (Lipinski definition) is 1. The molecule has 4 nitrogen and oxygen atoms in total. The van der Waals surface area contributed by atoms with E-state index in [1.165, 1.54) is 19.3 Å². The molecular weight excluding hydrogens is 250 g/mol. The zero-order chi connectivity index (χ0) is 13.7. The minimum atomic E-state index is 0.138. The Kier molecular flexibility index (Phi) is 2.43. The molecule has 0 radical (unpaired) electrons. The van der Waals surface area contributed by atoms with Crippen LogP contribution in [0.5, 0.6) is 0 Å². The number of fused-ring (bicyclic) bond motifs is 1. The molecule has 1 saturated heterocycles. The van der Waals surface area contributed by atoms with E-state index < -0.39 is 0 Å². The van der Waals surface area contributed by atoms with Crippen molar-refractivity contribution < 1.29 is 4.79 Å². The Morgan fingerprint density at radius 2 is 2.30 bits per heavy atom. The average Bonchev–Trinajstić information content (AvgIpc) is 3.00. The SMILES string of the molecule is C[C@@H]1CC2(CCC2)CN1C(=O)c1cccc2[nH]cnc12. The van der Waals surface area contributed by atoms with Crippen LogP contribution in [0, 0.1) is 5.41 Å². The summed E-state index contributed by atoms with van der Waals surface area (Å²) in [6.07, 6.45) is 6.71. The largest absolute Gasteiger partial charge is 0.345 e. The van der Waals surface area contributed by atoms with Gasteiger partial charge in [0.25, 0.3) is 5.91 Å². The molecule has 1 aromatic carbocycles. The van der Waals surface area contributed by atoms with Crippen LogP contribution in [0.15, 0.2) is 24.5 Å². The summed E-state index contributed by atoms with van der Waals surface area (Å²) >= 11 is 0. The number of hydrogen-bond acceptors (Lipinski definition) is 2.